The van der Waals surface area contributed by atoms with Gasteiger partial charge < -0.3 is 13.7 Å². The van der Waals surface area contributed by atoms with Crippen LogP contribution in [0.2, 0.25) is 0 Å². The van der Waals surface area contributed by atoms with E-state index in [4.69, 9.17) is 8.83 Å². The standard InChI is InChI=1S/C15H16N4O3/c20-15(5-6-19-12-16-11-17-19)18(9-13-3-1-7-21-13)10-14-4-2-8-22-14/h1-4,7-8,11-12H,5-6,9-10H2. The lowest BCUT2D eigenvalue weighted by Gasteiger charge is -2.20. The van der Waals surface area contributed by atoms with Gasteiger partial charge >= 0.3 is 0 Å². The van der Waals surface area contributed by atoms with Gasteiger partial charge in [-0.3, -0.25) is 9.48 Å². The van der Waals surface area contributed by atoms with E-state index >= 15 is 0 Å². The van der Waals surface area contributed by atoms with Crippen LogP contribution in [-0.4, -0.2) is 25.6 Å². The molecule has 0 aliphatic carbocycles. The fourth-order valence-corrected chi connectivity index (χ4v) is 2.13. The first-order chi connectivity index (χ1) is 10.8. The van der Waals surface area contributed by atoms with Crippen LogP contribution in [0.15, 0.2) is 58.3 Å². The summed E-state index contributed by atoms with van der Waals surface area (Å²) in [5, 5.41) is 4.00. The molecule has 0 bridgehead atoms. The Kier molecular flexibility index (Phi) is 4.33. The highest BCUT2D eigenvalue weighted by Gasteiger charge is 2.17. The minimum atomic E-state index is 0.00306. The molecule has 3 aromatic heterocycles. The molecule has 1 amide bonds. The molecule has 0 saturated heterocycles. The van der Waals surface area contributed by atoms with E-state index in [9.17, 15) is 4.79 Å². The number of furan rings is 2. The van der Waals surface area contributed by atoms with Crippen molar-refractivity contribution in [2.75, 3.05) is 0 Å². The second-order valence-corrected chi connectivity index (χ2v) is 4.82. The number of aromatic nitrogens is 3. The largest absolute Gasteiger partial charge is 0.467 e. The third-order valence-electron chi connectivity index (χ3n) is 3.23. The van der Waals surface area contributed by atoms with Gasteiger partial charge in [0.15, 0.2) is 0 Å². The van der Waals surface area contributed by atoms with Crippen LogP contribution in [0.4, 0.5) is 0 Å². The molecule has 0 atom stereocenters. The Hall–Kier alpha value is -2.83. The van der Waals surface area contributed by atoms with E-state index in [1.165, 1.54) is 6.33 Å². The molecule has 0 unspecified atom stereocenters. The normalized spacial score (nSPS) is 10.7. The summed E-state index contributed by atoms with van der Waals surface area (Å²) in [6.45, 7) is 1.30. The van der Waals surface area contributed by atoms with Crippen molar-refractivity contribution < 1.29 is 13.6 Å². The fraction of sp³-hybridized carbons (Fsp3) is 0.267. The Morgan fingerprint density at radius 1 is 1.14 bits per heavy atom. The number of amides is 1. The van der Waals surface area contributed by atoms with E-state index in [0.717, 1.165) is 11.5 Å². The van der Waals surface area contributed by atoms with E-state index in [1.54, 1.807) is 40.6 Å². The van der Waals surface area contributed by atoms with Crippen LogP contribution in [0.5, 0.6) is 0 Å². The molecule has 114 valence electrons. The fourth-order valence-electron chi connectivity index (χ4n) is 2.13. The maximum atomic E-state index is 12.5. The zero-order valence-corrected chi connectivity index (χ0v) is 12.0. The second kappa shape index (κ2) is 6.75. The van der Waals surface area contributed by atoms with Crippen molar-refractivity contribution in [3.63, 3.8) is 0 Å². The topological polar surface area (TPSA) is 77.3 Å². The monoisotopic (exact) mass is 300 g/mol. The number of carbonyl (C=O) groups is 1. The van der Waals surface area contributed by atoms with Crippen LogP contribution >= 0.6 is 0 Å². The molecule has 7 heteroatoms. The molecule has 0 fully saturated rings. The Balaban J connectivity index is 1.64. The van der Waals surface area contributed by atoms with Crippen LogP contribution in [0, 0.1) is 0 Å². The Morgan fingerprint density at radius 3 is 2.32 bits per heavy atom. The van der Waals surface area contributed by atoms with Crippen LogP contribution < -0.4 is 0 Å². The first-order valence-electron chi connectivity index (χ1n) is 6.96. The predicted octanol–water partition coefficient (Wildman–Crippen LogP) is 2.08. The lowest BCUT2D eigenvalue weighted by molar-refractivity contribution is -0.133. The minimum absolute atomic E-state index is 0.00306. The van der Waals surface area contributed by atoms with Gasteiger partial charge in [-0.25, -0.2) is 4.98 Å². The first kappa shape index (κ1) is 14.1. The minimum Gasteiger partial charge on any atom is -0.467 e. The van der Waals surface area contributed by atoms with Crippen molar-refractivity contribution in [1.29, 1.82) is 0 Å². The summed E-state index contributed by atoms with van der Waals surface area (Å²) >= 11 is 0. The molecule has 22 heavy (non-hydrogen) atoms. The lowest BCUT2D eigenvalue weighted by atomic mass is 10.3. The Morgan fingerprint density at radius 2 is 1.82 bits per heavy atom. The summed E-state index contributed by atoms with van der Waals surface area (Å²) in [5.74, 6) is 1.48. The third-order valence-corrected chi connectivity index (χ3v) is 3.23. The average Bonchev–Trinajstić information content (AvgIpc) is 3.27. The van der Waals surface area contributed by atoms with Crippen LogP contribution in [0.3, 0.4) is 0 Å². The molecule has 0 aromatic carbocycles. The van der Waals surface area contributed by atoms with Crippen molar-refractivity contribution in [1.82, 2.24) is 19.7 Å². The third kappa shape index (κ3) is 3.63. The second-order valence-electron chi connectivity index (χ2n) is 4.82. The summed E-state index contributed by atoms with van der Waals surface area (Å²) in [4.78, 5) is 18.0. The van der Waals surface area contributed by atoms with E-state index in [0.29, 0.717) is 26.1 Å². The van der Waals surface area contributed by atoms with E-state index in [2.05, 4.69) is 10.1 Å². The molecule has 0 radical (unpaired) electrons. The summed E-state index contributed by atoms with van der Waals surface area (Å²) in [6, 6.07) is 7.31. The molecule has 0 aliphatic rings. The van der Waals surface area contributed by atoms with Gasteiger partial charge in [-0.1, -0.05) is 0 Å². The molecule has 0 aliphatic heterocycles. The van der Waals surface area contributed by atoms with Gasteiger partial charge in [0.25, 0.3) is 0 Å². The summed E-state index contributed by atoms with van der Waals surface area (Å²) in [5.41, 5.74) is 0. The maximum Gasteiger partial charge on any atom is 0.225 e. The molecular weight excluding hydrogens is 284 g/mol. The van der Waals surface area contributed by atoms with Crippen LogP contribution in [0.25, 0.3) is 0 Å². The molecule has 3 aromatic rings. The van der Waals surface area contributed by atoms with E-state index in [-0.39, 0.29) is 5.91 Å². The zero-order valence-electron chi connectivity index (χ0n) is 12.0. The van der Waals surface area contributed by atoms with Crippen molar-refractivity contribution >= 4 is 5.91 Å². The number of nitrogens with zero attached hydrogens (tertiary/aromatic N) is 4. The highest BCUT2D eigenvalue weighted by Crippen LogP contribution is 2.12. The molecular formula is C15H16N4O3. The molecule has 3 heterocycles. The van der Waals surface area contributed by atoms with Crippen molar-refractivity contribution in [3.8, 4) is 0 Å². The molecule has 7 nitrogen and oxygen atoms in total. The van der Waals surface area contributed by atoms with Gasteiger partial charge in [-0.05, 0) is 24.3 Å². The Labute approximate surface area is 127 Å². The van der Waals surface area contributed by atoms with Crippen molar-refractivity contribution in [2.45, 2.75) is 26.1 Å². The SMILES string of the molecule is O=C(CCn1cncn1)N(Cc1ccco1)Cc1ccco1. The average molecular weight is 300 g/mol. The first-order valence-corrected chi connectivity index (χ1v) is 6.96. The molecule has 0 N–H and O–H groups in total. The van der Waals surface area contributed by atoms with Gasteiger partial charge in [-0.15, -0.1) is 0 Å². The molecule has 3 rings (SSSR count). The number of rotatable bonds is 7. The highest BCUT2D eigenvalue weighted by molar-refractivity contribution is 5.76. The quantitative estimate of drug-likeness (QED) is 0.667. The Bertz CT molecular complexity index is 638. The number of carbonyl (C=O) groups excluding carboxylic acids is 1. The molecule has 0 saturated carbocycles. The lowest BCUT2D eigenvalue weighted by Crippen LogP contribution is -2.30. The smallest absolute Gasteiger partial charge is 0.225 e. The number of hydrogen-bond acceptors (Lipinski definition) is 5. The van der Waals surface area contributed by atoms with Crippen LogP contribution in [0.1, 0.15) is 17.9 Å². The van der Waals surface area contributed by atoms with Gasteiger partial charge in [-0.2, -0.15) is 5.10 Å². The van der Waals surface area contributed by atoms with Crippen molar-refractivity contribution in [3.05, 3.63) is 61.0 Å². The summed E-state index contributed by atoms with van der Waals surface area (Å²) in [6.07, 6.45) is 6.58. The maximum absolute atomic E-state index is 12.5. The zero-order chi connectivity index (χ0) is 15.2. The van der Waals surface area contributed by atoms with Crippen molar-refractivity contribution in [2.24, 2.45) is 0 Å². The van der Waals surface area contributed by atoms with Gasteiger partial charge in [0, 0.05) is 6.42 Å². The molecule has 0 spiro atoms. The van der Waals surface area contributed by atoms with Gasteiger partial charge in [0.2, 0.25) is 5.91 Å². The highest BCUT2D eigenvalue weighted by atomic mass is 16.3. The predicted molar refractivity (Wildman–Crippen MR) is 76.3 cm³/mol. The van der Waals surface area contributed by atoms with E-state index < -0.39 is 0 Å². The number of aryl methyl sites for hydroxylation is 1. The van der Waals surface area contributed by atoms with Gasteiger partial charge in [0.1, 0.15) is 24.2 Å². The van der Waals surface area contributed by atoms with Crippen LogP contribution in [-0.2, 0) is 24.4 Å². The number of hydrogen-bond donors (Lipinski definition) is 0. The van der Waals surface area contributed by atoms with E-state index in [1.807, 2.05) is 12.1 Å². The summed E-state index contributed by atoms with van der Waals surface area (Å²) < 4.78 is 12.3. The summed E-state index contributed by atoms with van der Waals surface area (Å²) in [7, 11) is 0. The van der Waals surface area contributed by atoms with Gasteiger partial charge in [0.05, 0.1) is 32.2 Å².